The van der Waals surface area contributed by atoms with Gasteiger partial charge >= 0.3 is 0 Å². The number of hydrogen-bond donors (Lipinski definition) is 0. The summed E-state index contributed by atoms with van der Waals surface area (Å²) in [7, 11) is 3.23. The lowest BCUT2D eigenvalue weighted by Gasteiger charge is -2.46. The van der Waals surface area contributed by atoms with E-state index in [0.29, 0.717) is 0 Å². The molecule has 0 N–H and O–H groups in total. The number of ether oxygens (including phenoxy) is 2. The third kappa shape index (κ3) is 6.70. The van der Waals surface area contributed by atoms with Crippen LogP contribution in [0.5, 0.6) is 11.5 Å². The average Bonchev–Trinajstić information content (AvgIpc) is 3.44. The van der Waals surface area contributed by atoms with Gasteiger partial charge in [-0.15, -0.1) is 0 Å². The van der Waals surface area contributed by atoms with Gasteiger partial charge in [-0.3, -0.25) is 0 Å². The lowest BCUT2D eigenvalue weighted by Crippen LogP contribution is -2.34. The molecule has 0 radical (unpaired) electrons. The maximum absolute atomic E-state index is 5.83. The lowest BCUT2D eigenvalue weighted by molar-refractivity contribution is 0.408. The number of methoxy groups -OCH3 is 2. The molecule has 0 bridgehead atoms. The van der Waals surface area contributed by atoms with Gasteiger partial charge in [-0.05, 0) is 160 Å². The molecular formula is C37H56O2P2. The summed E-state index contributed by atoms with van der Waals surface area (Å²) in [5.41, 5.74) is 8.83. The molecule has 0 heterocycles. The van der Waals surface area contributed by atoms with E-state index in [0.717, 1.165) is 40.1 Å². The highest BCUT2D eigenvalue weighted by molar-refractivity contribution is 7.73. The Kier molecular flexibility index (Phi) is 10.8. The highest BCUT2D eigenvalue weighted by atomic mass is 31.1. The Morgan fingerprint density at radius 3 is 1.39 bits per heavy atom. The van der Waals surface area contributed by atoms with Crippen molar-refractivity contribution in [1.82, 2.24) is 0 Å². The Morgan fingerprint density at radius 2 is 1.00 bits per heavy atom. The summed E-state index contributed by atoms with van der Waals surface area (Å²) in [6.45, 7) is 11.7. The van der Waals surface area contributed by atoms with Crippen LogP contribution >= 0.6 is 15.8 Å². The zero-order valence-corrected chi connectivity index (χ0v) is 28.9. The number of aryl methyl sites for hydroxylation is 4. The third-order valence-corrected chi connectivity index (χ3v) is 17.8. The molecule has 5 rings (SSSR count). The molecule has 226 valence electrons. The van der Waals surface area contributed by atoms with Crippen molar-refractivity contribution in [3.05, 3.63) is 46.5 Å². The first-order chi connectivity index (χ1) is 19.8. The van der Waals surface area contributed by atoms with Crippen LogP contribution in [0, 0.1) is 33.6 Å². The molecule has 2 unspecified atom stereocenters. The van der Waals surface area contributed by atoms with Crippen LogP contribution in [-0.4, -0.2) is 36.9 Å². The fourth-order valence-corrected chi connectivity index (χ4v) is 17.5. The summed E-state index contributed by atoms with van der Waals surface area (Å²) < 4.78 is 11.7. The molecule has 3 atom stereocenters. The first kappa shape index (κ1) is 31.3. The summed E-state index contributed by atoms with van der Waals surface area (Å²) >= 11 is 0. The molecule has 0 aliphatic heterocycles. The van der Waals surface area contributed by atoms with Gasteiger partial charge in [0.15, 0.2) is 0 Å². The second-order valence-electron chi connectivity index (χ2n) is 13.5. The van der Waals surface area contributed by atoms with Gasteiger partial charge in [0.2, 0.25) is 0 Å². The van der Waals surface area contributed by atoms with Crippen molar-refractivity contribution in [2.24, 2.45) is 5.92 Å². The molecule has 3 aliphatic carbocycles. The predicted octanol–water partition coefficient (Wildman–Crippen LogP) is 10.1. The van der Waals surface area contributed by atoms with Crippen molar-refractivity contribution in [2.75, 3.05) is 14.2 Å². The van der Waals surface area contributed by atoms with Crippen molar-refractivity contribution in [1.29, 1.82) is 0 Å². The molecule has 0 spiro atoms. The minimum absolute atomic E-state index is 0.0715. The van der Waals surface area contributed by atoms with Gasteiger partial charge in [-0.25, -0.2) is 0 Å². The Bertz CT molecular complexity index is 1040. The van der Waals surface area contributed by atoms with Crippen LogP contribution in [0.2, 0.25) is 0 Å². The summed E-state index contributed by atoms with van der Waals surface area (Å²) in [4.78, 5) is 0. The first-order valence-electron chi connectivity index (χ1n) is 16.7. The van der Waals surface area contributed by atoms with Crippen molar-refractivity contribution in [3.63, 3.8) is 0 Å². The second-order valence-corrected chi connectivity index (χ2v) is 19.1. The van der Waals surface area contributed by atoms with Gasteiger partial charge in [0.25, 0.3) is 0 Å². The molecule has 2 nitrogen and oxygen atoms in total. The molecular weight excluding hydrogens is 538 g/mol. The number of hydrogen-bond acceptors (Lipinski definition) is 2. The van der Waals surface area contributed by atoms with Crippen LogP contribution in [0.4, 0.5) is 0 Å². The predicted molar refractivity (Wildman–Crippen MR) is 182 cm³/mol. The van der Waals surface area contributed by atoms with E-state index in [4.69, 9.17) is 9.47 Å². The molecule has 2 aromatic rings. The van der Waals surface area contributed by atoms with Crippen molar-refractivity contribution in [3.8, 4) is 11.5 Å². The van der Waals surface area contributed by atoms with E-state index in [-0.39, 0.29) is 7.92 Å². The van der Waals surface area contributed by atoms with Crippen molar-refractivity contribution < 1.29 is 9.47 Å². The minimum Gasteiger partial charge on any atom is -0.496 e. The van der Waals surface area contributed by atoms with Gasteiger partial charge in [0.05, 0.1) is 14.2 Å². The largest absolute Gasteiger partial charge is 0.496 e. The highest BCUT2D eigenvalue weighted by Gasteiger charge is 2.44. The van der Waals surface area contributed by atoms with E-state index in [2.05, 4.69) is 58.9 Å². The van der Waals surface area contributed by atoms with Gasteiger partial charge < -0.3 is 9.47 Å². The first-order valence-corrected chi connectivity index (χ1v) is 19.7. The van der Waals surface area contributed by atoms with E-state index in [1.807, 2.05) is 14.2 Å². The van der Waals surface area contributed by atoms with Crippen LogP contribution in [0.1, 0.15) is 113 Å². The summed E-state index contributed by atoms with van der Waals surface area (Å²) in [6, 6.07) is 9.93. The SMILES string of the molecule is COc1c(C)cc(P(c2cc(C)c(OC)c(C)c2)[C@H]2CCCC2C(C)P(C2CCCCC2)C2CCCCC2)cc1C. The Balaban J connectivity index is 1.57. The summed E-state index contributed by atoms with van der Waals surface area (Å²) in [6.07, 6.45) is 19.2. The molecule has 3 saturated carbocycles. The van der Waals surface area contributed by atoms with Gasteiger partial charge in [0, 0.05) is 0 Å². The van der Waals surface area contributed by atoms with Gasteiger partial charge in [-0.1, -0.05) is 59.8 Å². The van der Waals surface area contributed by atoms with Gasteiger partial charge in [-0.2, -0.15) is 0 Å². The maximum Gasteiger partial charge on any atom is 0.124 e. The van der Waals surface area contributed by atoms with E-state index in [1.165, 1.54) is 106 Å². The van der Waals surface area contributed by atoms with Crippen molar-refractivity contribution in [2.45, 2.75) is 141 Å². The molecule has 2 aromatic carbocycles. The molecule has 3 fully saturated rings. The minimum atomic E-state index is -0.484. The summed E-state index contributed by atoms with van der Waals surface area (Å²) in [5.74, 6) is 2.96. The molecule has 0 aromatic heterocycles. The van der Waals surface area contributed by atoms with E-state index >= 15 is 0 Å². The van der Waals surface area contributed by atoms with Crippen molar-refractivity contribution >= 4 is 26.5 Å². The average molecular weight is 595 g/mol. The smallest absolute Gasteiger partial charge is 0.124 e. The molecule has 0 saturated heterocycles. The summed E-state index contributed by atoms with van der Waals surface area (Å²) in [5, 5.41) is 3.12. The number of benzene rings is 2. The highest BCUT2D eigenvalue weighted by Crippen LogP contribution is 2.64. The van der Waals surface area contributed by atoms with E-state index < -0.39 is 7.92 Å². The van der Waals surface area contributed by atoms with E-state index in [9.17, 15) is 0 Å². The maximum atomic E-state index is 5.83. The fraction of sp³-hybridized carbons (Fsp3) is 0.676. The van der Waals surface area contributed by atoms with E-state index in [1.54, 1.807) is 10.6 Å². The van der Waals surface area contributed by atoms with Crippen LogP contribution in [-0.2, 0) is 0 Å². The Labute approximate surface area is 254 Å². The quantitative estimate of drug-likeness (QED) is 0.269. The second kappa shape index (κ2) is 14.1. The Hall–Kier alpha value is -1.10. The lowest BCUT2D eigenvalue weighted by atomic mass is 9.99. The molecule has 0 amide bonds. The van der Waals surface area contributed by atoms with Crippen LogP contribution in [0.3, 0.4) is 0 Å². The topological polar surface area (TPSA) is 18.5 Å². The standard InChI is InChI=1S/C37H56O2P2/c1-25-21-32(22-26(2)36(25)38-6)41(33-23-27(3)37(39-7)28(4)24-33)35-20-14-19-34(35)29(5)40(30-15-10-8-11-16-30)31-17-12-9-13-18-31/h21-24,29-31,34-35H,8-20H2,1-7H3/t29?,34?,35-/m0/s1. The van der Waals surface area contributed by atoms with Crippen LogP contribution in [0.15, 0.2) is 24.3 Å². The van der Waals surface area contributed by atoms with Gasteiger partial charge in [0.1, 0.15) is 11.5 Å². The zero-order chi connectivity index (χ0) is 29.1. The number of rotatable bonds is 9. The normalized spacial score (nSPS) is 23.3. The molecule has 4 heteroatoms. The molecule has 3 aliphatic rings. The Morgan fingerprint density at radius 1 is 0.585 bits per heavy atom. The monoisotopic (exact) mass is 594 g/mol. The van der Waals surface area contributed by atoms with Crippen LogP contribution < -0.4 is 20.1 Å². The third-order valence-electron chi connectivity index (χ3n) is 10.8. The zero-order valence-electron chi connectivity index (χ0n) is 27.1. The molecule has 41 heavy (non-hydrogen) atoms. The van der Waals surface area contributed by atoms with Crippen LogP contribution in [0.25, 0.3) is 0 Å². The fourth-order valence-electron chi connectivity index (χ4n) is 9.10.